The third kappa shape index (κ3) is 2.09. The van der Waals surface area contributed by atoms with Gasteiger partial charge in [0.15, 0.2) is 0 Å². The lowest BCUT2D eigenvalue weighted by Crippen LogP contribution is -2.32. The lowest BCUT2D eigenvalue weighted by atomic mass is 10.2. The lowest BCUT2D eigenvalue weighted by Gasteiger charge is -2.13. The van der Waals surface area contributed by atoms with E-state index in [-0.39, 0.29) is 10.5 Å². The van der Waals surface area contributed by atoms with Crippen LogP contribution < -0.4 is 0 Å². The molecule has 0 spiro atoms. The molecule has 0 atom stereocenters. The van der Waals surface area contributed by atoms with E-state index in [4.69, 9.17) is 5.11 Å². The molecular weight excluding hydrogens is 292 g/mol. The molecule has 0 aromatic heterocycles. The molecule has 0 fully saturated rings. The fourth-order valence-corrected chi connectivity index (χ4v) is 3.35. The van der Waals surface area contributed by atoms with Crippen LogP contribution >= 0.6 is 0 Å². The van der Waals surface area contributed by atoms with Crippen LogP contribution in [0.25, 0.3) is 0 Å². The van der Waals surface area contributed by atoms with E-state index in [1.807, 2.05) is 0 Å². The van der Waals surface area contributed by atoms with Crippen molar-refractivity contribution in [1.82, 2.24) is 4.31 Å². The molecule has 0 bridgehead atoms. The van der Waals surface area contributed by atoms with Gasteiger partial charge in [-0.15, -0.1) is 0 Å². The fourth-order valence-electron chi connectivity index (χ4n) is 1.80. The third-order valence-electron chi connectivity index (χ3n) is 2.73. The van der Waals surface area contributed by atoms with E-state index in [2.05, 4.69) is 0 Å². The molecule has 9 nitrogen and oxygen atoms in total. The molecule has 106 valence electrons. The number of hydrogen-bond acceptors (Lipinski definition) is 6. The first-order valence-electron chi connectivity index (χ1n) is 5.32. The second-order valence-electron chi connectivity index (χ2n) is 3.96. The van der Waals surface area contributed by atoms with E-state index >= 15 is 0 Å². The Labute approximate surface area is 112 Å². The zero-order valence-electron chi connectivity index (χ0n) is 9.85. The molecule has 0 saturated heterocycles. The highest BCUT2D eigenvalue weighted by molar-refractivity contribution is 7.90. The van der Waals surface area contributed by atoms with Crippen molar-refractivity contribution in [3.8, 4) is 0 Å². The van der Waals surface area contributed by atoms with Crippen molar-refractivity contribution < 1.29 is 28.0 Å². The molecule has 1 amide bonds. The Balaban J connectivity index is 2.47. The molecule has 1 N–H and O–H groups in total. The Morgan fingerprint density at radius 3 is 2.60 bits per heavy atom. The molecule has 20 heavy (non-hydrogen) atoms. The zero-order valence-corrected chi connectivity index (χ0v) is 10.7. The van der Waals surface area contributed by atoms with Crippen molar-refractivity contribution in [2.45, 2.75) is 11.3 Å². The Kier molecular flexibility index (Phi) is 3.18. The van der Waals surface area contributed by atoms with Gasteiger partial charge < -0.3 is 5.11 Å². The number of non-ortho nitro benzene ring substituents is 1. The topological polar surface area (TPSA) is 135 Å². The molecule has 0 unspecified atom stereocenters. The van der Waals surface area contributed by atoms with Crippen LogP contribution in [0.2, 0.25) is 0 Å². The number of carboxylic acids is 1. The van der Waals surface area contributed by atoms with Crippen molar-refractivity contribution in [3.63, 3.8) is 0 Å². The summed E-state index contributed by atoms with van der Waals surface area (Å²) in [4.78, 5) is 31.9. The number of aliphatic carboxylic acids is 1. The summed E-state index contributed by atoms with van der Waals surface area (Å²) < 4.78 is 24.5. The highest BCUT2D eigenvalue weighted by Gasteiger charge is 2.42. The Morgan fingerprint density at radius 2 is 2.05 bits per heavy atom. The summed E-state index contributed by atoms with van der Waals surface area (Å²) in [6.07, 6.45) is -0.541. The van der Waals surface area contributed by atoms with Gasteiger partial charge in [-0.25, -0.2) is 12.7 Å². The number of sulfonamides is 1. The number of carbonyl (C=O) groups excluding carboxylic acids is 1. The molecule has 1 heterocycles. The zero-order chi connectivity index (χ0) is 15.1. The maximum atomic E-state index is 12.0. The summed E-state index contributed by atoms with van der Waals surface area (Å²) in [6.45, 7) is -0.515. The van der Waals surface area contributed by atoms with E-state index in [1.165, 1.54) is 0 Å². The maximum absolute atomic E-state index is 12.0. The molecule has 1 aromatic carbocycles. The van der Waals surface area contributed by atoms with Crippen LogP contribution in [0.5, 0.6) is 0 Å². The minimum atomic E-state index is -4.14. The summed E-state index contributed by atoms with van der Waals surface area (Å²) >= 11 is 0. The van der Waals surface area contributed by atoms with Crippen LogP contribution in [0.1, 0.15) is 16.8 Å². The van der Waals surface area contributed by atoms with Gasteiger partial charge in [-0.05, 0) is 6.07 Å². The number of hydrogen-bond donors (Lipinski definition) is 1. The van der Waals surface area contributed by atoms with Crippen molar-refractivity contribution in [1.29, 1.82) is 0 Å². The van der Waals surface area contributed by atoms with Gasteiger partial charge in [0.25, 0.3) is 21.6 Å². The van der Waals surface area contributed by atoms with E-state index in [0.29, 0.717) is 4.31 Å². The highest BCUT2D eigenvalue weighted by atomic mass is 32.2. The Bertz CT molecular complexity index is 725. The number of rotatable bonds is 4. The van der Waals surface area contributed by atoms with E-state index in [1.54, 1.807) is 0 Å². The minimum Gasteiger partial charge on any atom is -0.481 e. The number of nitro benzene ring substituents is 1. The van der Waals surface area contributed by atoms with Crippen LogP contribution in [0.15, 0.2) is 23.1 Å². The number of carboxylic acid groups (broad SMARTS) is 1. The number of amides is 1. The average Bonchev–Trinajstić information content (AvgIpc) is 2.55. The largest absolute Gasteiger partial charge is 0.481 e. The van der Waals surface area contributed by atoms with Gasteiger partial charge in [0.05, 0.1) is 16.9 Å². The summed E-state index contributed by atoms with van der Waals surface area (Å²) in [5, 5.41) is 19.2. The molecule has 0 radical (unpaired) electrons. The quantitative estimate of drug-likeness (QED) is 0.620. The van der Waals surface area contributed by atoms with E-state index in [0.717, 1.165) is 18.2 Å². The van der Waals surface area contributed by atoms with E-state index < -0.39 is 45.5 Å². The number of fused-ring (bicyclic) bond motifs is 1. The molecule has 10 heteroatoms. The third-order valence-corrected chi connectivity index (χ3v) is 4.57. The summed E-state index contributed by atoms with van der Waals surface area (Å²) in [5.74, 6) is -2.21. The maximum Gasteiger partial charge on any atom is 0.305 e. The molecule has 1 aromatic rings. The van der Waals surface area contributed by atoms with Crippen LogP contribution in [0, 0.1) is 10.1 Å². The number of nitrogens with zero attached hydrogens (tertiary/aromatic N) is 2. The van der Waals surface area contributed by atoms with Gasteiger partial charge in [0, 0.05) is 18.7 Å². The first kappa shape index (κ1) is 13.9. The van der Waals surface area contributed by atoms with Crippen molar-refractivity contribution in [2.24, 2.45) is 0 Å². The number of benzene rings is 1. The summed E-state index contributed by atoms with van der Waals surface area (Å²) in [6, 6.07) is 2.82. The van der Waals surface area contributed by atoms with Gasteiger partial charge in [-0.2, -0.15) is 0 Å². The molecular formula is C10H8N2O7S. The predicted octanol–water partition coefficient (Wildman–Crippen LogP) is 0.214. The molecule has 0 aliphatic carbocycles. The molecule has 1 aliphatic rings. The predicted molar refractivity (Wildman–Crippen MR) is 63.6 cm³/mol. The minimum absolute atomic E-state index is 0.315. The van der Waals surface area contributed by atoms with Crippen LogP contribution in [-0.4, -0.2) is 41.2 Å². The molecule has 0 saturated carbocycles. The SMILES string of the molecule is O=C(O)CCN1C(=O)c2cc([N+](=O)[O-])ccc2S1(=O)=O. The van der Waals surface area contributed by atoms with Gasteiger partial charge in [-0.3, -0.25) is 19.7 Å². The molecule has 1 aliphatic heterocycles. The van der Waals surface area contributed by atoms with Gasteiger partial charge >= 0.3 is 5.97 Å². The fraction of sp³-hybridized carbons (Fsp3) is 0.200. The standard InChI is InChI=1S/C10H8N2O7S/c13-9(14)3-4-11-10(15)7-5-6(12(16)17)1-2-8(7)20(11,18)19/h1-2,5H,3-4H2,(H,13,14). The van der Waals surface area contributed by atoms with Gasteiger partial charge in [0.2, 0.25) is 0 Å². The average molecular weight is 300 g/mol. The van der Waals surface area contributed by atoms with Crippen molar-refractivity contribution in [2.75, 3.05) is 6.54 Å². The number of nitro groups is 1. The van der Waals surface area contributed by atoms with Crippen LogP contribution in [0.3, 0.4) is 0 Å². The Hall–Kier alpha value is -2.49. The second-order valence-corrected chi connectivity index (χ2v) is 5.79. The molecule has 2 rings (SSSR count). The van der Waals surface area contributed by atoms with Crippen molar-refractivity contribution >= 4 is 27.6 Å². The number of carbonyl (C=O) groups is 2. The lowest BCUT2D eigenvalue weighted by molar-refractivity contribution is -0.384. The van der Waals surface area contributed by atoms with Crippen molar-refractivity contribution in [3.05, 3.63) is 33.9 Å². The van der Waals surface area contributed by atoms with Gasteiger partial charge in [-0.1, -0.05) is 0 Å². The summed E-state index contributed by atoms with van der Waals surface area (Å²) in [7, 11) is -4.14. The first-order valence-corrected chi connectivity index (χ1v) is 6.76. The first-order chi connectivity index (χ1) is 9.25. The monoisotopic (exact) mass is 300 g/mol. The van der Waals surface area contributed by atoms with E-state index in [9.17, 15) is 28.1 Å². The smallest absolute Gasteiger partial charge is 0.305 e. The van der Waals surface area contributed by atoms with Crippen LogP contribution in [0.4, 0.5) is 5.69 Å². The highest BCUT2D eigenvalue weighted by Crippen LogP contribution is 2.32. The Morgan fingerprint density at radius 1 is 1.40 bits per heavy atom. The van der Waals surface area contributed by atoms with Gasteiger partial charge in [0.1, 0.15) is 4.90 Å². The van der Waals surface area contributed by atoms with Crippen LogP contribution in [-0.2, 0) is 14.8 Å². The second kappa shape index (κ2) is 4.56. The summed E-state index contributed by atoms with van der Waals surface area (Å²) in [5.41, 5.74) is -0.725. The normalized spacial score (nSPS) is 16.0.